The van der Waals surface area contributed by atoms with Crippen molar-refractivity contribution in [3.8, 4) is 5.75 Å². The summed E-state index contributed by atoms with van der Waals surface area (Å²) in [5, 5.41) is 12.4. The number of para-hydroxylation sites is 1. The van der Waals surface area contributed by atoms with Crippen LogP contribution in [0.3, 0.4) is 0 Å². The molecule has 4 aromatic rings. The summed E-state index contributed by atoms with van der Waals surface area (Å²) in [5.74, 6) is 0.269. The van der Waals surface area contributed by atoms with Crippen LogP contribution in [-0.2, 0) is 12.8 Å². The van der Waals surface area contributed by atoms with E-state index in [1.807, 2.05) is 18.2 Å². The second kappa shape index (κ2) is 5.76. The van der Waals surface area contributed by atoms with Crippen LogP contribution in [0.15, 0.2) is 60.9 Å². The SMILES string of the molecule is Oc1cc(CCCc2c[nH]c3ccccc23)cc2cccnc12. The number of H-pyrrole nitrogens is 1. The third kappa shape index (κ3) is 2.66. The molecule has 3 heteroatoms. The largest absolute Gasteiger partial charge is 0.506 e. The molecule has 0 amide bonds. The van der Waals surface area contributed by atoms with Crippen LogP contribution in [0.1, 0.15) is 17.5 Å². The van der Waals surface area contributed by atoms with E-state index in [9.17, 15) is 5.11 Å². The van der Waals surface area contributed by atoms with E-state index in [0.29, 0.717) is 5.52 Å². The van der Waals surface area contributed by atoms with Crippen LogP contribution in [0.5, 0.6) is 5.75 Å². The quantitative estimate of drug-likeness (QED) is 0.579. The van der Waals surface area contributed by atoms with Crippen molar-refractivity contribution < 1.29 is 5.11 Å². The Morgan fingerprint density at radius 1 is 1.00 bits per heavy atom. The van der Waals surface area contributed by atoms with Crippen LogP contribution in [0.2, 0.25) is 0 Å². The van der Waals surface area contributed by atoms with Crippen molar-refractivity contribution in [1.82, 2.24) is 9.97 Å². The summed E-state index contributed by atoms with van der Waals surface area (Å²) in [7, 11) is 0. The minimum absolute atomic E-state index is 0.269. The number of aromatic nitrogens is 2. The number of aromatic hydroxyl groups is 1. The van der Waals surface area contributed by atoms with E-state index < -0.39 is 0 Å². The van der Waals surface area contributed by atoms with Crippen LogP contribution >= 0.6 is 0 Å². The lowest BCUT2D eigenvalue weighted by Crippen LogP contribution is -1.91. The lowest BCUT2D eigenvalue weighted by atomic mass is 10.0. The monoisotopic (exact) mass is 302 g/mol. The number of fused-ring (bicyclic) bond motifs is 2. The first-order valence-electron chi connectivity index (χ1n) is 7.93. The molecule has 0 bridgehead atoms. The Morgan fingerprint density at radius 2 is 1.91 bits per heavy atom. The number of phenols is 1. The lowest BCUT2D eigenvalue weighted by Gasteiger charge is -2.06. The molecule has 0 spiro atoms. The van der Waals surface area contributed by atoms with Crippen LogP contribution in [0.4, 0.5) is 0 Å². The van der Waals surface area contributed by atoms with Crippen molar-refractivity contribution in [2.24, 2.45) is 0 Å². The van der Waals surface area contributed by atoms with Gasteiger partial charge in [0.2, 0.25) is 0 Å². The van der Waals surface area contributed by atoms with Crippen molar-refractivity contribution in [2.75, 3.05) is 0 Å². The van der Waals surface area contributed by atoms with Gasteiger partial charge in [0.05, 0.1) is 0 Å². The van der Waals surface area contributed by atoms with Crippen LogP contribution in [-0.4, -0.2) is 15.1 Å². The summed E-state index contributed by atoms with van der Waals surface area (Å²) < 4.78 is 0. The Balaban J connectivity index is 1.51. The highest BCUT2D eigenvalue weighted by Crippen LogP contribution is 2.26. The van der Waals surface area contributed by atoms with Crippen molar-refractivity contribution in [1.29, 1.82) is 0 Å². The predicted molar refractivity (Wildman–Crippen MR) is 93.7 cm³/mol. The van der Waals surface area contributed by atoms with E-state index >= 15 is 0 Å². The molecule has 2 aromatic carbocycles. The van der Waals surface area contributed by atoms with Gasteiger partial charge in [-0.05, 0) is 54.7 Å². The number of benzene rings is 2. The van der Waals surface area contributed by atoms with Gasteiger partial charge in [0.15, 0.2) is 0 Å². The maximum absolute atomic E-state index is 10.1. The predicted octanol–water partition coefficient (Wildman–Crippen LogP) is 4.60. The normalized spacial score (nSPS) is 11.3. The molecule has 0 aliphatic carbocycles. The fraction of sp³-hybridized carbons (Fsp3) is 0.150. The minimum Gasteiger partial charge on any atom is -0.506 e. The van der Waals surface area contributed by atoms with Gasteiger partial charge in [-0.1, -0.05) is 24.3 Å². The summed E-state index contributed by atoms with van der Waals surface area (Å²) in [6, 6.07) is 16.2. The molecule has 2 heterocycles. The standard InChI is InChI=1S/C20H18N2O/c23-19-12-14(11-15-7-4-10-21-20(15)19)5-3-6-16-13-22-18-9-2-1-8-17(16)18/h1-2,4,7-13,22-23H,3,5-6H2. The highest BCUT2D eigenvalue weighted by molar-refractivity contribution is 5.85. The molecule has 0 saturated carbocycles. The number of hydrogen-bond donors (Lipinski definition) is 2. The van der Waals surface area contributed by atoms with Gasteiger partial charge >= 0.3 is 0 Å². The number of pyridine rings is 1. The molecular weight excluding hydrogens is 284 g/mol. The zero-order chi connectivity index (χ0) is 15.6. The van der Waals surface area contributed by atoms with Crippen LogP contribution in [0.25, 0.3) is 21.8 Å². The average molecular weight is 302 g/mol. The molecule has 2 N–H and O–H groups in total. The second-order valence-corrected chi connectivity index (χ2v) is 5.90. The van der Waals surface area contributed by atoms with Crippen LogP contribution < -0.4 is 0 Å². The molecule has 3 nitrogen and oxygen atoms in total. The zero-order valence-corrected chi connectivity index (χ0v) is 12.8. The molecule has 0 radical (unpaired) electrons. The van der Waals surface area contributed by atoms with E-state index in [2.05, 4.69) is 46.5 Å². The van der Waals surface area contributed by atoms with E-state index in [4.69, 9.17) is 0 Å². The van der Waals surface area contributed by atoms with Crippen molar-refractivity contribution in [2.45, 2.75) is 19.3 Å². The lowest BCUT2D eigenvalue weighted by molar-refractivity contribution is 0.479. The molecule has 2 aromatic heterocycles. The summed E-state index contributed by atoms with van der Waals surface area (Å²) in [5.41, 5.74) is 4.37. The number of aromatic amines is 1. The molecular formula is C20H18N2O. The van der Waals surface area contributed by atoms with Crippen molar-refractivity contribution in [3.05, 3.63) is 72.1 Å². The topological polar surface area (TPSA) is 48.9 Å². The van der Waals surface area contributed by atoms with E-state index in [1.54, 1.807) is 6.20 Å². The molecule has 0 aliphatic heterocycles. The van der Waals surface area contributed by atoms with Gasteiger partial charge in [0, 0.05) is 28.7 Å². The number of rotatable bonds is 4. The molecule has 0 atom stereocenters. The van der Waals surface area contributed by atoms with Crippen molar-refractivity contribution in [3.63, 3.8) is 0 Å². The molecule has 114 valence electrons. The fourth-order valence-electron chi connectivity index (χ4n) is 3.20. The zero-order valence-electron chi connectivity index (χ0n) is 12.8. The second-order valence-electron chi connectivity index (χ2n) is 5.90. The van der Waals surface area contributed by atoms with Gasteiger partial charge in [-0.25, -0.2) is 0 Å². The van der Waals surface area contributed by atoms with E-state index in [0.717, 1.165) is 30.2 Å². The van der Waals surface area contributed by atoms with Crippen LogP contribution in [0, 0.1) is 0 Å². The number of aryl methyl sites for hydroxylation is 2. The molecule has 0 saturated heterocycles. The molecule has 0 unspecified atom stereocenters. The summed E-state index contributed by atoms with van der Waals surface area (Å²) in [6.45, 7) is 0. The van der Waals surface area contributed by atoms with Crippen molar-refractivity contribution >= 4 is 21.8 Å². The smallest absolute Gasteiger partial charge is 0.142 e. The highest BCUT2D eigenvalue weighted by atomic mass is 16.3. The summed E-state index contributed by atoms with van der Waals surface area (Å²) in [4.78, 5) is 7.54. The Hall–Kier alpha value is -2.81. The first-order valence-corrected chi connectivity index (χ1v) is 7.93. The third-order valence-corrected chi connectivity index (χ3v) is 4.33. The maximum Gasteiger partial charge on any atom is 0.142 e. The van der Waals surface area contributed by atoms with E-state index in [1.165, 1.54) is 16.5 Å². The molecule has 0 aliphatic rings. The first kappa shape index (κ1) is 13.8. The summed E-state index contributed by atoms with van der Waals surface area (Å²) in [6.07, 6.45) is 6.83. The molecule has 23 heavy (non-hydrogen) atoms. The van der Waals surface area contributed by atoms with Gasteiger partial charge in [-0.2, -0.15) is 0 Å². The van der Waals surface area contributed by atoms with Gasteiger partial charge in [-0.15, -0.1) is 0 Å². The third-order valence-electron chi connectivity index (χ3n) is 4.33. The first-order chi connectivity index (χ1) is 11.3. The summed E-state index contributed by atoms with van der Waals surface area (Å²) >= 11 is 0. The van der Waals surface area contributed by atoms with Gasteiger partial charge in [0.25, 0.3) is 0 Å². The maximum atomic E-state index is 10.1. The van der Waals surface area contributed by atoms with Gasteiger partial charge in [0.1, 0.15) is 11.3 Å². The Bertz CT molecular complexity index is 972. The highest BCUT2D eigenvalue weighted by Gasteiger charge is 2.06. The molecule has 4 rings (SSSR count). The van der Waals surface area contributed by atoms with Gasteiger partial charge in [-0.3, -0.25) is 4.98 Å². The Morgan fingerprint density at radius 3 is 2.87 bits per heavy atom. The number of nitrogens with zero attached hydrogens (tertiary/aromatic N) is 1. The Labute approximate surface area is 134 Å². The van der Waals surface area contributed by atoms with Gasteiger partial charge < -0.3 is 10.1 Å². The molecule has 0 fully saturated rings. The fourth-order valence-corrected chi connectivity index (χ4v) is 3.20. The Kier molecular flexibility index (Phi) is 3.46. The van der Waals surface area contributed by atoms with E-state index in [-0.39, 0.29) is 5.75 Å². The minimum atomic E-state index is 0.269. The number of nitrogens with one attached hydrogen (secondary N) is 1. The number of phenolic OH excluding ortho intramolecular Hbond substituents is 1. The average Bonchev–Trinajstić information content (AvgIpc) is 2.98. The number of hydrogen-bond acceptors (Lipinski definition) is 2.